The number of carbonyl (C=O) groups is 1. The van der Waals surface area contributed by atoms with Crippen LogP contribution in [0.2, 0.25) is 0 Å². The number of carboxylic acids is 1. The molecule has 110 valence electrons. The van der Waals surface area contributed by atoms with E-state index in [1.54, 1.807) is 0 Å². The van der Waals surface area contributed by atoms with E-state index in [0.717, 1.165) is 18.2 Å². The van der Waals surface area contributed by atoms with Gasteiger partial charge in [-0.15, -0.1) is 0 Å². The number of nitrogens with one attached hydrogen (secondary N) is 1. The first-order valence-electron chi connectivity index (χ1n) is 5.61. The maximum Gasteiger partial charge on any atom is 0.335 e. The molecule has 0 amide bonds. The van der Waals surface area contributed by atoms with Crippen LogP contribution in [0, 0.1) is 11.6 Å². The molecule has 0 saturated heterocycles. The Morgan fingerprint density at radius 2 is 1.81 bits per heavy atom. The zero-order valence-corrected chi connectivity index (χ0v) is 11.2. The van der Waals surface area contributed by atoms with E-state index >= 15 is 0 Å². The second-order valence-electron chi connectivity index (χ2n) is 4.07. The smallest absolute Gasteiger partial charge is 0.335 e. The maximum absolute atomic E-state index is 13.5. The fraction of sp³-hybridized carbons (Fsp3) is 0. The number of rotatable bonds is 4. The molecule has 0 unspecified atom stereocenters. The number of anilines is 1. The Bertz CT molecular complexity index is 806. The maximum atomic E-state index is 13.5. The summed E-state index contributed by atoms with van der Waals surface area (Å²) in [6.45, 7) is 0. The summed E-state index contributed by atoms with van der Waals surface area (Å²) in [5.74, 6) is -3.37. The average molecular weight is 313 g/mol. The number of carboxylic acid groups (broad SMARTS) is 1. The number of aromatic carboxylic acids is 1. The SMILES string of the molecule is O=C(O)c1cccc(NS(=O)(=O)c2ccc(F)cc2F)c1. The van der Waals surface area contributed by atoms with Crippen molar-refractivity contribution in [3.05, 3.63) is 59.7 Å². The standard InChI is InChI=1S/C13H9F2NO4S/c14-9-4-5-12(11(15)7-9)21(19,20)16-10-3-1-2-8(6-10)13(17)18/h1-7,16H,(H,17,18). The van der Waals surface area contributed by atoms with Crippen LogP contribution in [0.5, 0.6) is 0 Å². The van der Waals surface area contributed by atoms with Crippen molar-refractivity contribution in [2.24, 2.45) is 0 Å². The van der Waals surface area contributed by atoms with E-state index in [-0.39, 0.29) is 11.3 Å². The van der Waals surface area contributed by atoms with Gasteiger partial charge in [-0.2, -0.15) is 0 Å². The Morgan fingerprint density at radius 3 is 2.43 bits per heavy atom. The second-order valence-corrected chi connectivity index (χ2v) is 5.72. The normalized spacial score (nSPS) is 11.1. The summed E-state index contributed by atoms with van der Waals surface area (Å²) in [6, 6.07) is 7.05. The lowest BCUT2D eigenvalue weighted by atomic mass is 10.2. The van der Waals surface area contributed by atoms with Crippen LogP contribution in [-0.2, 0) is 10.0 Å². The number of hydrogen-bond donors (Lipinski definition) is 2. The molecule has 0 spiro atoms. The highest BCUT2D eigenvalue weighted by molar-refractivity contribution is 7.92. The van der Waals surface area contributed by atoms with Crippen LogP contribution < -0.4 is 4.72 Å². The van der Waals surface area contributed by atoms with Crippen LogP contribution in [0.3, 0.4) is 0 Å². The van der Waals surface area contributed by atoms with Crippen LogP contribution in [0.15, 0.2) is 47.4 Å². The highest BCUT2D eigenvalue weighted by Gasteiger charge is 2.20. The molecule has 0 heterocycles. The van der Waals surface area contributed by atoms with Crippen LogP contribution >= 0.6 is 0 Å². The molecule has 2 rings (SSSR count). The van der Waals surface area contributed by atoms with E-state index in [4.69, 9.17) is 5.11 Å². The minimum absolute atomic E-state index is 0.0429. The predicted molar refractivity (Wildman–Crippen MR) is 70.6 cm³/mol. The van der Waals surface area contributed by atoms with Crippen LogP contribution in [0.1, 0.15) is 10.4 Å². The van der Waals surface area contributed by atoms with E-state index in [1.165, 1.54) is 18.2 Å². The predicted octanol–water partition coefficient (Wildman–Crippen LogP) is 2.46. The van der Waals surface area contributed by atoms with Gasteiger partial charge in [0.05, 0.1) is 5.56 Å². The molecule has 0 radical (unpaired) electrons. The van der Waals surface area contributed by atoms with Gasteiger partial charge in [0.25, 0.3) is 10.0 Å². The summed E-state index contributed by atoms with van der Waals surface area (Å²) in [5.41, 5.74) is -0.173. The minimum Gasteiger partial charge on any atom is -0.478 e. The molecule has 0 fully saturated rings. The van der Waals surface area contributed by atoms with Crippen molar-refractivity contribution in [1.82, 2.24) is 0 Å². The molecular formula is C13H9F2NO4S. The number of benzene rings is 2. The Balaban J connectivity index is 2.37. The van der Waals surface area contributed by atoms with Crippen molar-refractivity contribution < 1.29 is 27.1 Å². The molecule has 0 aliphatic heterocycles. The highest BCUT2D eigenvalue weighted by Crippen LogP contribution is 2.20. The Hall–Kier alpha value is -2.48. The zero-order valence-electron chi connectivity index (χ0n) is 10.4. The zero-order chi connectivity index (χ0) is 15.6. The fourth-order valence-corrected chi connectivity index (χ4v) is 2.73. The first-order chi connectivity index (χ1) is 9.79. The lowest BCUT2D eigenvalue weighted by Crippen LogP contribution is -2.15. The van der Waals surface area contributed by atoms with Gasteiger partial charge in [0.1, 0.15) is 16.5 Å². The summed E-state index contributed by atoms with van der Waals surface area (Å²) in [4.78, 5) is 10.1. The molecule has 2 N–H and O–H groups in total. The van der Waals surface area contributed by atoms with Crippen LogP contribution in [-0.4, -0.2) is 19.5 Å². The van der Waals surface area contributed by atoms with Crippen molar-refractivity contribution in [2.75, 3.05) is 4.72 Å². The summed E-state index contributed by atoms with van der Waals surface area (Å²) in [7, 11) is -4.29. The van der Waals surface area contributed by atoms with Crippen molar-refractivity contribution >= 4 is 21.7 Å². The molecule has 2 aromatic carbocycles. The summed E-state index contributed by atoms with van der Waals surface area (Å²) < 4.78 is 52.3. The van der Waals surface area contributed by atoms with Crippen molar-refractivity contribution in [3.63, 3.8) is 0 Å². The Kier molecular flexibility index (Phi) is 3.90. The first-order valence-corrected chi connectivity index (χ1v) is 7.09. The molecule has 0 aliphatic rings. The quantitative estimate of drug-likeness (QED) is 0.908. The molecule has 0 saturated carbocycles. The third-order valence-electron chi connectivity index (χ3n) is 2.55. The van der Waals surface area contributed by atoms with Gasteiger partial charge < -0.3 is 5.11 Å². The van der Waals surface area contributed by atoms with Crippen LogP contribution in [0.25, 0.3) is 0 Å². The van der Waals surface area contributed by atoms with E-state index in [9.17, 15) is 22.0 Å². The van der Waals surface area contributed by atoms with Crippen LogP contribution in [0.4, 0.5) is 14.5 Å². The topological polar surface area (TPSA) is 83.5 Å². The minimum atomic E-state index is -4.29. The third kappa shape index (κ3) is 3.34. The number of halogens is 2. The summed E-state index contributed by atoms with van der Waals surface area (Å²) in [6.07, 6.45) is 0. The largest absolute Gasteiger partial charge is 0.478 e. The van der Waals surface area contributed by atoms with E-state index in [0.29, 0.717) is 6.07 Å². The monoisotopic (exact) mass is 313 g/mol. The molecule has 5 nitrogen and oxygen atoms in total. The molecule has 0 atom stereocenters. The van der Waals surface area contributed by atoms with E-state index in [1.807, 2.05) is 4.72 Å². The lowest BCUT2D eigenvalue weighted by molar-refractivity contribution is 0.0697. The Morgan fingerprint density at radius 1 is 1.10 bits per heavy atom. The molecule has 2 aromatic rings. The highest BCUT2D eigenvalue weighted by atomic mass is 32.2. The molecule has 0 aliphatic carbocycles. The van der Waals surface area contributed by atoms with E-state index in [2.05, 4.69) is 0 Å². The van der Waals surface area contributed by atoms with Gasteiger partial charge in [-0.25, -0.2) is 22.0 Å². The van der Waals surface area contributed by atoms with Gasteiger partial charge in [0, 0.05) is 11.8 Å². The number of sulfonamides is 1. The second kappa shape index (κ2) is 5.49. The number of hydrogen-bond acceptors (Lipinski definition) is 3. The molecule has 8 heteroatoms. The third-order valence-corrected chi connectivity index (χ3v) is 3.96. The molecule has 21 heavy (non-hydrogen) atoms. The lowest BCUT2D eigenvalue weighted by Gasteiger charge is -2.09. The summed E-state index contributed by atoms with van der Waals surface area (Å²) >= 11 is 0. The molecule has 0 bridgehead atoms. The van der Waals surface area contributed by atoms with Gasteiger partial charge in [-0.05, 0) is 30.3 Å². The van der Waals surface area contributed by atoms with Gasteiger partial charge >= 0.3 is 5.97 Å². The first kappa shape index (κ1) is 14.9. The van der Waals surface area contributed by atoms with Crippen molar-refractivity contribution in [2.45, 2.75) is 4.90 Å². The average Bonchev–Trinajstić information content (AvgIpc) is 2.37. The van der Waals surface area contributed by atoms with Crippen molar-refractivity contribution in [3.8, 4) is 0 Å². The van der Waals surface area contributed by atoms with Gasteiger partial charge in [-0.3, -0.25) is 4.72 Å². The van der Waals surface area contributed by atoms with Gasteiger partial charge in [0.2, 0.25) is 0 Å². The Labute approximate surface area is 118 Å². The van der Waals surface area contributed by atoms with Gasteiger partial charge in [0.15, 0.2) is 0 Å². The van der Waals surface area contributed by atoms with Gasteiger partial charge in [-0.1, -0.05) is 6.07 Å². The molecular weight excluding hydrogens is 304 g/mol. The van der Waals surface area contributed by atoms with E-state index < -0.39 is 32.5 Å². The van der Waals surface area contributed by atoms with Crippen molar-refractivity contribution in [1.29, 1.82) is 0 Å². The summed E-state index contributed by atoms with van der Waals surface area (Å²) in [5, 5.41) is 8.82. The fourth-order valence-electron chi connectivity index (χ4n) is 1.62. The molecule has 0 aromatic heterocycles.